The van der Waals surface area contributed by atoms with Gasteiger partial charge in [0.25, 0.3) is 0 Å². The van der Waals surface area contributed by atoms with E-state index in [-0.39, 0.29) is 0 Å². The average Bonchev–Trinajstić information content (AvgIpc) is 3.45. The molecule has 8 heteroatoms. The van der Waals surface area contributed by atoms with Gasteiger partial charge < -0.3 is 25.3 Å². The second-order valence-electron chi connectivity index (χ2n) is 11.9. The van der Waals surface area contributed by atoms with Crippen molar-refractivity contribution in [1.82, 2.24) is 30.5 Å². The van der Waals surface area contributed by atoms with Crippen molar-refractivity contribution in [1.29, 1.82) is 0 Å². The zero-order valence-electron chi connectivity index (χ0n) is 26.5. The van der Waals surface area contributed by atoms with E-state index in [9.17, 15) is 0 Å². The molecule has 0 radical (unpaired) electrons. The zero-order chi connectivity index (χ0) is 30.8. The van der Waals surface area contributed by atoms with Gasteiger partial charge in [0.15, 0.2) is 0 Å². The van der Waals surface area contributed by atoms with Crippen molar-refractivity contribution in [2.75, 3.05) is 38.2 Å². The summed E-state index contributed by atoms with van der Waals surface area (Å²) in [5, 5.41) is 8.54. The van der Waals surface area contributed by atoms with Crippen LogP contribution in [0.15, 0.2) is 91.3 Å². The smallest absolute Gasteiger partial charge is 0.128 e. The molecule has 1 aliphatic heterocycles. The summed E-state index contributed by atoms with van der Waals surface area (Å²) in [5.74, 6) is 1.93. The Morgan fingerprint density at radius 1 is 0.956 bits per heavy atom. The Bertz CT molecular complexity index is 1620. The van der Waals surface area contributed by atoms with E-state index in [0.29, 0.717) is 6.04 Å². The number of nitrogens with one attached hydrogen (secondary N) is 3. The topological polar surface area (TPSA) is 81.3 Å². The summed E-state index contributed by atoms with van der Waals surface area (Å²) in [6, 6.07) is 28.0. The second-order valence-corrected chi connectivity index (χ2v) is 11.9. The molecule has 45 heavy (non-hydrogen) atoms. The third-order valence-corrected chi connectivity index (χ3v) is 8.74. The molecular formula is C37H45N7O. The number of anilines is 1. The third-order valence-electron chi connectivity index (χ3n) is 8.74. The van der Waals surface area contributed by atoms with Crippen molar-refractivity contribution in [2.45, 2.75) is 52.0 Å². The number of hydrogen-bond donors (Lipinski definition) is 3. The Morgan fingerprint density at radius 2 is 1.78 bits per heavy atom. The summed E-state index contributed by atoms with van der Waals surface area (Å²) in [6.07, 6.45) is 5.82. The summed E-state index contributed by atoms with van der Waals surface area (Å²) in [7, 11) is 1.73. The fourth-order valence-electron chi connectivity index (χ4n) is 6.23. The van der Waals surface area contributed by atoms with Crippen LogP contribution in [0.25, 0.3) is 10.9 Å². The summed E-state index contributed by atoms with van der Waals surface area (Å²) >= 11 is 0. The molecule has 234 valence electrons. The summed E-state index contributed by atoms with van der Waals surface area (Å²) in [4.78, 5) is 17.7. The van der Waals surface area contributed by atoms with Gasteiger partial charge in [-0.25, -0.2) is 4.98 Å². The Hall–Kier alpha value is -4.24. The molecule has 0 bridgehead atoms. The van der Waals surface area contributed by atoms with E-state index in [1.807, 2.05) is 36.7 Å². The van der Waals surface area contributed by atoms with Crippen LogP contribution in [0.3, 0.4) is 0 Å². The Kier molecular flexibility index (Phi) is 10.4. The van der Waals surface area contributed by atoms with Crippen molar-refractivity contribution < 1.29 is 4.74 Å². The van der Waals surface area contributed by atoms with Crippen molar-refractivity contribution in [3.8, 4) is 5.75 Å². The molecule has 5 aromatic rings. The molecule has 0 fully saturated rings. The van der Waals surface area contributed by atoms with Gasteiger partial charge in [0, 0.05) is 87.4 Å². The summed E-state index contributed by atoms with van der Waals surface area (Å²) in [5.41, 5.74) is 7.66. The van der Waals surface area contributed by atoms with Gasteiger partial charge in [-0.3, -0.25) is 9.88 Å². The highest BCUT2D eigenvalue weighted by atomic mass is 16.5. The molecule has 3 aromatic heterocycles. The lowest BCUT2D eigenvalue weighted by Gasteiger charge is -2.29. The minimum absolute atomic E-state index is 0.359. The minimum Gasteiger partial charge on any atom is -0.497 e. The molecule has 3 N–H and O–H groups in total. The number of aromatic amines is 1. The number of H-pyrrole nitrogens is 1. The third kappa shape index (κ3) is 8.08. The molecule has 8 nitrogen and oxygen atoms in total. The van der Waals surface area contributed by atoms with Gasteiger partial charge in [-0.1, -0.05) is 43.3 Å². The highest BCUT2D eigenvalue weighted by Gasteiger charge is 2.21. The summed E-state index contributed by atoms with van der Waals surface area (Å²) in [6.45, 7) is 9.47. The first kappa shape index (κ1) is 30.8. The maximum Gasteiger partial charge on any atom is 0.128 e. The van der Waals surface area contributed by atoms with Gasteiger partial charge in [-0.05, 0) is 72.0 Å². The molecule has 1 atom stereocenters. The normalized spacial score (nSPS) is 13.9. The molecule has 1 unspecified atom stereocenters. The van der Waals surface area contributed by atoms with E-state index >= 15 is 0 Å². The lowest BCUT2D eigenvalue weighted by Crippen LogP contribution is -2.43. The van der Waals surface area contributed by atoms with Crippen LogP contribution in [-0.4, -0.2) is 59.2 Å². The predicted octanol–water partition coefficient (Wildman–Crippen LogP) is 5.69. The standard InChI is InChI=1S/C37H45N7O/c1-3-30(40-20-19-38-23-31-8-4-6-17-39-31)26-44(37-9-5-7-18-41-37)25-29-12-10-28(11-13-29)24-43-21-16-33-34-22-32(45-2)14-15-35(34)42-36(33)27-43/h4-15,17-18,22,30,38,40,42H,3,16,19-21,23-27H2,1-2H3. The van der Waals surface area contributed by atoms with E-state index in [4.69, 9.17) is 9.72 Å². The van der Waals surface area contributed by atoms with Crippen molar-refractivity contribution in [3.63, 3.8) is 0 Å². The van der Waals surface area contributed by atoms with Crippen LogP contribution in [-0.2, 0) is 32.6 Å². The number of nitrogens with zero attached hydrogens (tertiary/aromatic N) is 4. The number of methoxy groups -OCH3 is 1. The molecule has 0 saturated carbocycles. The molecule has 4 heterocycles. The molecule has 0 saturated heterocycles. The van der Waals surface area contributed by atoms with E-state index in [1.54, 1.807) is 7.11 Å². The number of pyridine rings is 2. The van der Waals surface area contributed by atoms with Gasteiger partial charge >= 0.3 is 0 Å². The Balaban J connectivity index is 1.04. The average molecular weight is 604 g/mol. The van der Waals surface area contributed by atoms with Crippen LogP contribution >= 0.6 is 0 Å². The molecule has 1 aliphatic rings. The fourth-order valence-corrected chi connectivity index (χ4v) is 6.23. The second kappa shape index (κ2) is 15.2. The van der Waals surface area contributed by atoms with Crippen molar-refractivity contribution in [2.24, 2.45) is 0 Å². The highest BCUT2D eigenvalue weighted by Crippen LogP contribution is 2.31. The molecule has 0 aliphatic carbocycles. The van der Waals surface area contributed by atoms with Crippen molar-refractivity contribution in [3.05, 3.63) is 119 Å². The van der Waals surface area contributed by atoms with Gasteiger partial charge in [0.1, 0.15) is 11.6 Å². The van der Waals surface area contributed by atoms with E-state index < -0.39 is 0 Å². The van der Waals surface area contributed by atoms with Gasteiger partial charge in [0.05, 0.1) is 12.8 Å². The first-order valence-electron chi connectivity index (χ1n) is 16.2. The van der Waals surface area contributed by atoms with E-state index in [1.165, 1.54) is 33.3 Å². The van der Waals surface area contributed by atoms with Gasteiger partial charge in [0.2, 0.25) is 0 Å². The molecule has 0 spiro atoms. The maximum atomic E-state index is 5.46. The maximum absolute atomic E-state index is 5.46. The number of aromatic nitrogens is 3. The Morgan fingerprint density at radius 3 is 2.53 bits per heavy atom. The van der Waals surface area contributed by atoms with Crippen LogP contribution in [0.2, 0.25) is 0 Å². The number of rotatable bonds is 15. The van der Waals surface area contributed by atoms with Crippen LogP contribution in [0, 0.1) is 0 Å². The first-order valence-corrected chi connectivity index (χ1v) is 16.2. The lowest BCUT2D eigenvalue weighted by molar-refractivity contribution is 0.243. The predicted molar refractivity (Wildman–Crippen MR) is 182 cm³/mol. The Labute approximate surface area is 266 Å². The van der Waals surface area contributed by atoms with Crippen LogP contribution in [0.4, 0.5) is 5.82 Å². The number of fused-ring (bicyclic) bond motifs is 3. The van der Waals surface area contributed by atoms with Gasteiger partial charge in [-0.15, -0.1) is 0 Å². The van der Waals surface area contributed by atoms with Gasteiger partial charge in [-0.2, -0.15) is 0 Å². The summed E-state index contributed by atoms with van der Waals surface area (Å²) < 4.78 is 5.46. The lowest BCUT2D eigenvalue weighted by atomic mass is 10.0. The van der Waals surface area contributed by atoms with E-state index in [0.717, 1.165) is 82.5 Å². The van der Waals surface area contributed by atoms with Crippen LogP contribution < -0.4 is 20.3 Å². The molecular weight excluding hydrogens is 558 g/mol. The molecule has 0 amide bonds. The van der Waals surface area contributed by atoms with Crippen LogP contribution in [0.5, 0.6) is 5.75 Å². The number of benzene rings is 2. The highest BCUT2D eigenvalue weighted by molar-refractivity contribution is 5.86. The quantitative estimate of drug-likeness (QED) is 0.133. The molecule has 6 rings (SSSR count). The first-order chi connectivity index (χ1) is 22.2. The zero-order valence-corrected chi connectivity index (χ0v) is 26.5. The van der Waals surface area contributed by atoms with Crippen molar-refractivity contribution >= 4 is 16.7 Å². The monoisotopic (exact) mass is 603 g/mol. The van der Waals surface area contributed by atoms with Crippen LogP contribution in [0.1, 0.15) is 41.4 Å². The largest absolute Gasteiger partial charge is 0.497 e. The minimum atomic E-state index is 0.359. The SMILES string of the molecule is CCC(CN(Cc1ccc(CN2CCc3c([nH]c4ccc(OC)cc34)C2)cc1)c1ccccn1)NCCNCc1ccccn1. The number of ether oxygens (including phenoxy) is 1. The van der Waals surface area contributed by atoms with E-state index in [2.05, 4.69) is 91.9 Å². The molecule has 2 aromatic carbocycles. The fraction of sp³-hybridized carbons (Fsp3) is 0.351. The number of hydrogen-bond acceptors (Lipinski definition) is 7.